The second-order valence-electron chi connectivity index (χ2n) is 5.15. The highest BCUT2D eigenvalue weighted by molar-refractivity contribution is 5.85. The molecule has 4 nitrogen and oxygen atoms in total. The molecule has 0 aromatic heterocycles. The lowest BCUT2D eigenvalue weighted by molar-refractivity contribution is -0.121. The predicted molar refractivity (Wildman–Crippen MR) is 88.3 cm³/mol. The highest BCUT2D eigenvalue weighted by atomic mass is 35.5. The van der Waals surface area contributed by atoms with Gasteiger partial charge in [0.2, 0.25) is 5.91 Å². The molecule has 1 aromatic carbocycles. The first kappa shape index (κ1) is 19.9. The van der Waals surface area contributed by atoms with E-state index in [-0.39, 0.29) is 18.3 Å². The molecule has 5 heteroatoms. The molecule has 1 amide bonds. The zero-order valence-corrected chi connectivity index (χ0v) is 13.5. The molecule has 4 N–H and O–H groups in total. The van der Waals surface area contributed by atoms with E-state index in [2.05, 4.69) is 5.32 Å². The lowest BCUT2D eigenvalue weighted by Crippen LogP contribution is -2.22. The van der Waals surface area contributed by atoms with Crippen LogP contribution in [0.1, 0.15) is 56.3 Å². The third-order valence-corrected chi connectivity index (χ3v) is 3.31. The number of amides is 1. The number of hydrogen-bond acceptors (Lipinski definition) is 3. The summed E-state index contributed by atoms with van der Waals surface area (Å²) in [6.07, 6.45) is 4.26. The smallest absolute Gasteiger partial charge is 0.220 e. The van der Waals surface area contributed by atoms with Crippen molar-refractivity contribution in [1.29, 1.82) is 0 Å². The van der Waals surface area contributed by atoms with Crippen LogP contribution in [-0.2, 0) is 11.3 Å². The molecule has 0 heterocycles. The number of nitrogens with two attached hydrogens (primary N) is 1. The van der Waals surface area contributed by atoms with Crippen molar-refractivity contribution in [2.24, 2.45) is 5.73 Å². The Morgan fingerprint density at radius 2 is 1.81 bits per heavy atom. The average Bonchev–Trinajstić information content (AvgIpc) is 2.45. The van der Waals surface area contributed by atoms with Gasteiger partial charge >= 0.3 is 0 Å². The average molecular weight is 315 g/mol. The lowest BCUT2D eigenvalue weighted by atomic mass is 10.1. The number of benzene rings is 1. The molecule has 1 rings (SSSR count). The first-order chi connectivity index (χ1) is 9.63. The van der Waals surface area contributed by atoms with E-state index in [0.717, 1.165) is 43.4 Å². The zero-order chi connectivity index (χ0) is 14.8. The SMILES string of the molecule is CC(O)c1ccc(CNC(=O)CCCCCCN)cc1.Cl. The molecule has 0 aliphatic rings. The maximum Gasteiger partial charge on any atom is 0.220 e. The maximum absolute atomic E-state index is 11.6. The van der Waals surface area contributed by atoms with Gasteiger partial charge in [-0.05, 0) is 37.4 Å². The molecule has 0 spiro atoms. The first-order valence-corrected chi connectivity index (χ1v) is 7.37. The summed E-state index contributed by atoms with van der Waals surface area (Å²) in [4.78, 5) is 11.6. The van der Waals surface area contributed by atoms with Crippen LogP contribution in [0.5, 0.6) is 0 Å². The zero-order valence-electron chi connectivity index (χ0n) is 12.7. The van der Waals surface area contributed by atoms with Gasteiger partial charge in [0.15, 0.2) is 0 Å². The fourth-order valence-electron chi connectivity index (χ4n) is 1.99. The van der Waals surface area contributed by atoms with Crippen LogP contribution in [-0.4, -0.2) is 17.6 Å². The highest BCUT2D eigenvalue weighted by Gasteiger charge is 2.03. The maximum atomic E-state index is 11.6. The molecule has 0 saturated carbocycles. The molecule has 0 aliphatic heterocycles. The molecule has 0 saturated heterocycles. The Morgan fingerprint density at radius 1 is 1.19 bits per heavy atom. The second kappa shape index (κ2) is 11.5. The number of halogens is 1. The van der Waals surface area contributed by atoms with E-state index < -0.39 is 6.10 Å². The van der Waals surface area contributed by atoms with Gasteiger partial charge in [-0.2, -0.15) is 0 Å². The Balaban J connectivity index is 0.00000400. The van der Waals surface area contributed by atoms with Crippen LogP contribution >= 0.6 is 12.4 Å². The number of unbranched alkanes of at least 4 members (excludes halogenated alkanes) is 3. The Bertz CT molecular complexity index is 394. The van der Waals surface area contributed by atoms with E-state index in [1.54, 1.807) is 6.92 Å². The van der Waals surface area contributed by atoms with Gasteiger partial charge in [0.05, 0.1) is 6.10 Å². The minimum Gasteiger partial charge on any atom is -0.389 e. The van der Waals surface area contributed by atoms with Gasteiger partial charge in [-0.1, -0.05) is 37.1 Å². The number of aliphatic hydroxyl groups is 1. The van der Waals surface area contributed by atoms with Crippen LogP contribution in [0.4, 0.5) is 0 Å². The standard InChI is InChI=1S/C16H26N2O2.ClH/c1-13(19)15-9-7-14(8-10-15)12-18-16(20)6-4-2-3-5-11-17;/h7-10,13,19H,2-6,11-12,17H2,1H3,(H,18,20);1H. The topological polar surface area (TPSA) is 75.3 Å². The molecular weight excluding hydrogens is 288 g/mol. The number of hydrogen-bond donors (Lipinski definition) is 3. The summed E-state index contributed by atoms with van der Waals surface area (Å²) in [6.45, 7) is 3.01. The number of rotatable bonds is 9. The quantitative estimate of drug-likeness (QED) is 0.613. The Hall–Kier alpha value is -1.10. The van der Waals surface area contributed by atoms with Crippen molar-refractivity contribution in [2.75, 3.05) is 6.54 Å². The third-order valence-electron chi connectivity index (χ3n) is 3.31. The summed E-state index contributed by atoms with van der Waals surface area (Å²) < 4.78 is 0. The molecule has 0 bridgehead atoms. The van der Waals surface area contributed by atoms with Crippen molar-refractivity contribution in [3.63, 3.8) is 0 Å². The largest absolute Gasteiger partial charge is 0.389 e. The van der Waals surface area contributed by atoms with Gasteiger partial charge in [-0.15, -0.1) is 12.4 Å². The minimum absolute atomic E-state index is 0. The summed E-state index contributed by atoms with van der Waals surface area (Å²) in [5.41, 5.74) is 7.35. The van der Waals surface area contributed by atoms with Crippen molar-refractivity contribution in [2.45, 2.75) is 51.7 Å². The minimum atomic E-state index is -0.452. The number of carbonyl (C=O) groups excluding carboxylic acids is 1. The van der Waals surface area contributed by atoms with E-state index in [1.807, 2.05) is 24.3 Å². The summed E-state index contributed by atoms with van der Waals surface area (Å²) in [5, 5.41) is 12.3. The molecule has 0 fully saturated rings. The van der Waals surface area contributed by atoms with E-state index in [1.165, 1.54) is 0 Å². The molecule has 120 valence electrons. The normalized spacial score (nSPS) is 11.6. The van der Waals surface area contributed by atoms with Gasteiger partial charge in [0.25, 0.3) is 0 Å². The monoisotopic (exact) mass is 314 g/mol. The third kappa shape index (κ3) is 8.71. The first-order valence-electron chi connectivity index (χ1n) is 7.37. The van der Waals surface area contributed by atoms with Crippen LogP contribution in [0.2, 0.25) is 0 Å². The summed E-state index contributed by atoms with van der Waals surface area (Å²) >= 11 is 0. The summed E-state index contributed by atoms with van der Waals surface area (Å²) in [5.74, 6) is 0.0948. The van der Waals surface area contributed by atoms with E-state index >= 15 is 0 Å². The molecule has 1 aromatic rings. The highest BCUT2D eigenvalue weighted by Crippen LogP contribution is 2.12. The van der Waals surface area contributed by atoms with Crippen LogP contribution < -0.4 is 11.1 Å². The summed E-state index contributed by atoms with van der Waals surface area (Å²) in [6, 6.07) is 7.64. The Kier molecular flexibility index (Phi) is 10.9. The Labute approximate surface area is 133 Å². The van der Waals surface area contributed by atoms with Gasteiger partial charge in [-0.3, -0.25) is 4.79 Å². The van der Waals surface area contributed by atoms with Gasteiger partial charge < -0.3 is 16.2 Å². The summed E-state index contributed by atoms with van der Waals surface area (Å²) in [7, 11) is 0. The number of nitrogens with one attached hydrogen (secondary N) is 1. The van der Waals surface area contributed by atoms with Crippen LogP contribution in [0, 0.1) is 0 Å². The van der Waals surface area contributed by atoms with E-state index in [9.17, 15) is 9.90 Å². The van der Waals surface area contributed by atoms with Crippen molar-refractivity contribution in [3.05, 3.63) is 35.4 Å². The Morgan fingerprint density at radius 3 is 2.38 bits per heavy atom. The van der Waals surface area contributed by atoms with Gasteiger partial charge in [0, 0.05) is 13.0 Å². The molecular formula is C16H27ClN2O2. The van der Waals surface area contributed by atoms with Crippen molar-refractivity contribution in [3.8, 4) is 0 Å². The van der Waals surface area contributed by atoms with Gasteiger partial charge in [-0.25, -0.2) is 0 Å². The van der Waals surface area contributed by atoms with Crippen molar-refractivity contribution in [1.82, 2.24) is 5.32 Å². The van der Waals surface area contributed by atoms with Crippen LogP contribution in [0.25, 0.3) is 0 Å². The van der Waals surface area contributed by atoms with Crippen molar-refractivity contribution < 1.29 is 9.90 Å². The molecule has 0 radical (unpaired) electrons. The molecule has 1 unspecified atom stereocenters. The fraction of sp³-hybridized carbons (Fsp3) is 0.562. The number of aliphatic hydroxyl groups excluding tert-OH is 1. The van der Waals surface area contributed by atoms with E-state index in [0.29, 0.717) is 13.0 Å². The molecule has 21 heavy (non-hydrogen) atoms. The lowest BCUT2D eigenvalue weighted by Gasteiger charge is -2.08. The molecule has 0 aliphatic carbocycles. The molecule has 1 atom stereocenters. The van der Waals surface area contributed by atoms with Crippen molar-refractivity contribution >= 4 is 18.3 Å². The predicted octanol–water partition coefficient (Wildman–Crippen LogP) is 2.69. The van der Waals surface area contributed by atoms with Crippen LogP contribution in [0.15, 0.2) is 24.3 Å². The number of carbonyl (C=O) groups is 1. The second-order valence-corrected chi connectivity index (χ2v) is 5.15. The van der Waals surface area contributed by atoms with E-state index in [4.69, 9.17) is 5.73 Å². The fourth-order valence-corrected chi connectivity index (χ4v) is 1.99. The van der Waals surface area contributed by atoms with Crippen LogP contribution in [0.3, 0.4) is 0 Å². The van der Waals surface area contributed by atoms with Gasteiger partial charge in [0.1, 0.15) is 0 Å².